The highest BCUT2D eigenvalue weighted by atomic mass is 16.5. The molecule has 0 atom stereocenters. The largest absolute Gasteiger partial charge is 0.497 e. The molecular formula is C39H47N9O3. The minimum absolute atomic E-state index is 0.154. The minimum atomic E-state index is -0.154. The Kier molecular flexibility index (Phi) is 11.5. The lowest BCUT2D eigenvalue weighted by atomic mass is 9.87. The average Bonchev–Trinajstić information content (AvgIpc) is 3.59. The van der Waals surface area contributed by atoms with Crippen molar-refractivity contribution in [3.05, 3.63) is 90.3 Å². The van der Waals surface area contributed by atoms with Crippen LogP contribution in [0.15, 0.2) is 79.1 Å². The number of methoxy groups -OCH3 is 1. The highest BCUT2D eigenvalue weighted by Crippen LogP contribution is 2.34. The number of piperazine rings is 1. The van der Waals surface area contributed by atoms with E-state index in [2.05, 4.69) is 61.1 Å². The number of fused-ring (bicyclic) bond motifs is 1. The molecule has 0 spiro atoms. The quantitative estimate of drug-likeness (QED) is 0.157. The molecule has 266 valence electrons. The van der Waals surface area contributed by atoms with Gasteiger partial charge in [0.1, 0.15) is 11.3 Å². The molecule has 1 saturated heterocycles. The number of carbonyl (C=O) groups excluding carboxylic acids is 2. The van der Waals surface area contributed by atoms with Crippen molar-refractivity contribution in [2.75, 3.05) is 56.7 Å². The lowest BCUT2D eigenvalue weighted by Crippen LogP contribution is -2.43. The van der Waals surface area contributed by atoms with Crippen LogP contribution in [-0.4, -0.2) is 82.0 Å². The van der Waals surface area contributed by atoms with Gasteiger partial charge in [-0.15, -0.1) is 0 Å². The third-order valence-electron chi connectivity index (χ3n) is 9.74. The average molecular weight is 690 g/mol. The van der Waals surface area contributed by atoms with E-state index in [1.165, 1.54) is 18.4 Å². The second-order valence-electron chi connectivity index (χ2n) is 13.5. The van der Waals surface area contributed by atoms with Crippen molar-refractivity contribution in [1.29, 1.82) is 0 Å². The summed E-state index contributed by atoms with van der Waals surface area (Å²) in [7, 11) is 3.75. The van der Waals surface area contributed by atoms with E-state index in [9.17, 15) is 9.59 Å². The predicted octanol–water partition coefficient (Wildman–Crippen LogP) is 6.09. The van der Waals surface area contributed by atoms with Gasteiger partial charge in [-0.05, 0) is 80.6 Å². The fourth-order valence-electron chi connectivity index (χ4n) is 6.57. The first kappa shape index (κ1) is 35.5. The van der Waals surface area contributed by atoms with Crippen LogP contribution in [0.5, 0.6) is 5.75 Å². The Morgan fingerprint density at radius 2 is 1.67 bits per heavy atom. The fraction of sp³-hybridized carbons (Fsp3) is 0.359. The van der Waals surface area contributed by atoms with Gasteiger partial charge in [0.15, 0.2) is 17.3 Å². The van der Waals surface area contributed by atoms with Gasteiger partial charge < -0.3 is 30.6 Å². The van der Waals surface area contributed by atoms with Crippen molar-refractivity contribution in [3.8, 4) is 17.1 Å². The van der Waals surface area contributed by atoms with E-state index < -0.39 is 0 Å². The molecule has 1 aliphatic heterocycles. The van der Waals surface area contributed by atoms with Crippen LogP contribution in [0.4, 0.5) is 17.2 Å². The zero-order valence-electron chi connectivity index (χ0n) is 29.6. The lowest BCUT2D eigenvalue weighted by Gasteiger charge is -2.32. The summed E-state index contributed by atoms with van der Waals surface area (Å²) in [6.45, 7) is 7.62. The van der Waals surface area contributed by atoms with Crippen molar-refractivity contribution < 1.29 is 14.3 Å². The third kappa shape index (κ3) is 9.07. The van der Waals surface area contributed by atoms with E-state index in [0.29, 0.717) is 35.2 Å². The van der Waals surface area contributed by atoms with Crippen molar-refractivity contribution in [3.63, 3.8) is 0 Å². The number of nitrogens with one attached hydrogen (secondary N) is 2. The zero-order valence-corrected chi connectivity index (χ0v) is 29.6. The van der Waals surface area contributed by atoms with Crippen molar-refractivity contribution in [2.24, 2.45) is 5.92 Å². The number of hydrogen-bond acceptors (Lipinski definition) is 9. The number of imidazole rings is 1. The highest BCUT2D eigenvalue weighted by molar-refractivity contribution is 6.04. The number of hydrogen-bond donors (Lipinski definition) is 3. The van der Waals surface area contributed by atoms with Crippen LogP contribution < -0.4 is 21.1 Å². The highest BCUT2D eigenvalue weighted by Gasteiger charge is 2.23. The molecule has 51 heavy (non-hydrogen) atoms. The summed E-state index contributed by atoms with van der Waals surface area (Å²) in [6, 6.07) is 23.0. The van der Waals surface area contributed by atoms with E-state index in [0.717, 1.165) is 79.8 Å². The van der Waals surface area contributed by atoms with Gasteiger partial charge in [0.05, 0.1) is 13.4 Å². The van der Waals surface area contributed by atoms with E-state index in [1.807, 2.05) is 42.7 Å². The first-order valence-corrected chi connectivity index (χ1v) is 17.6. The molecule has 3 heterocycles. The van der Waals surface area contributed by atoms with Crippen molar-refractivity contribution >= 4 is 40.7 Å². The fourth-order valence-corrected chi connectivity index (χ4v) is 6.57. The summed E-state index contributed by atoms with van der Waals surface area (Å²) >= 11 is 0. The summed E-state index contributed by atoms with van der Waals surface area (Å²) in [5.41, 5.74) is 11.9. The van der Waals surface area contributed by atoms with Crippen molar-refractivity contribution in [2.45, 2.75) is 45.2 Å². The number of nitrogens with two attached hydrogens (primary N) is 1. The minimum Gasteiger partial charge on any atom is -0.497 e. The number of rotatable bonds is 9. The van der Waals surface area contributed by atoms with E-state index >= 15 is 0 Å². The SMILES string of the molecule is CC1CCC(n2cnc3c(N)nc(-c4ccc(C(=O)Nc5ccc(CN6CCN(C)CC6)cc5)cc4)nc32)CC1.COc1cccc(NC=O)c1. The number of benzene rings is 3. The molecule has 7 rings (SSSR count). The van der Waals surface area contributed by atoms with E-state index in [-0.39, 0.29) is 5.91 Å². The Morgan fingerprint density at radius 1 is 0.941 bits per heavy atom. The van der Waals surface area contributed by atoms with Crippen LogP contribution >= 0.6 is 0 Å². The third-order valence-corrected chi connectivity index (χ3v) is 9.74. The van der Waals surface area contributed by atoms with Crippen LogP contribution in [0.3, 0.4) is 0 Å². The van der Waals surface area contributed by atoms with Gasteiger partial charge in [0, 0.05) is 67.3 Å². The van der Waals surface area contributed by atoms with Gasteiger partial charge in [-0.3, -0.25) is 14.5 Å². The number of anilines is 3. The Labute approximate surface area is 299 Å². The number of aromatic nitrogens is 4. The summed E-state index contributed by atoms with van der Waals surface area (Å²) in [4.78, 5) is 41.7. The first-order chi connectivity index (χ1) is 24.8. The summed E-state index contributed by atoms with van der Waals surface area (Å²) in [6.07, 6.45) is 7.15. The van der Waals surface area contributed by atoms with Gasteiger partial charge in [-0.1, -0.05) is 37.3 Å². The van der Waals surface area contributed by atoms with Crippen molar-refractivity contribution in [1.82, 2.24) is 29.3 Å². The Bertz CT molecular complexity index is 1910. The standard InChI is InChI=1S/C31H38N8O.C8H9NO2/c1-21-3-13-26(14-4-21)39-20-33-27-28(32)35-29(36-30(27)39)23-7-9-24(10-8-23)31(40)34-25-11-5-22(6-12-25)19-38-17-15-37(2)16-18-38;1-11-8-4-2-3-7(5-8)9-6-10/h5-12,20-21,26H,3-4,13-19H2,1-2H3,(H,34,40)(H2,32,35,36);2-6H,1H3,(H,9,10). The Morgan fingerprint density at radius 3 is 2.35 bits per heavy atom. The summed E-state index contributed by atoms with van der Waals surface area (Å²) in [5, 5.41) is 5.53. The van der Waals surface area contributed by atoms with Gasteiger partial charge in [-0.2, -0.15) is 0 Å². The molecule has 2 fully saturated rings. The van der Waals surface area contributed by atoms with Crippen LogP contribution in [0, 0.1) is 5.92 Å². The number of likely N-dealkylation sites (N-methyl/N-ethyl adjacent to an activating group) is 1. The summed E-state index contributed by atoms with van der Waals surface area (Å²) < 4.78 is 7.11. The molecule has 3 aromatic carbocycles. The zero-order chi connectivity index (χ0) is 35.7. The summed E-state index contributed by atoms with van der Waals surface area (Å²) in [5.74, 6) is 2.26. The monoisotopic (exact) mass is 689 g/mol. The Balaban J connectivity index is 0.000000349. The molecule has 5 aromatic rings. The molecule has 4 N–H and O–H groups in total. The molecule has 12 nitrogen and oxygen atoms in total. The normalized spacial score (nSPS) is 18.0. The van der Waals surface area contributed by atoms with Gasteiger partial charge >= 0.3 is 0 Å². The molecule has 2 aromatic heterocycles. The molecular weight excluding hydrogens is 642 g/mol. The van der Waals surface area contributed by atoms with Crippen LogP contribution in [0.2, 0.25) is 0 Å². The number of carbonyl (C=O) groups is 2. The number of ether oxygens (including phenoxy) is 1. The second-order valence-corrected chi connectivity index (χ2v) is 13.5. The maximum atomic E-state index is 12.9. The molecule has 12 heteroatoms. The maximum absolute atomic E-state index is 12.9. The molecule has 0 radical (unpaired) electrons. The van der Waals surface area contributed by atoms with Crippen LogP contribution in [-0.2, 0) is 11.3 Å². The number of amides is 2. The molecule has 0 bridgehead atoms. The topological polar surface area (TPSA) is 144 Å². The van der Waals surface area contributed by atoms with Crippen LogP contribution in [0.25, 0.3) is 22.6 Å². The number of nitrogens with zero attached hydrogens (tertiary/aromatic N) is 6. The predicted molar refractivity (Wildman–Crippen MR) is 202 cm³/mol. The van der Waals surface area contributed by atoms with Gasteiger partial charge in [-0.25, -0.2) is 15.0 Å². The molecule has 0 unspecified atom stereocenters. The molecule has 2 aliphatic rings. The van der Waals surface area contributed by atoms with Gasteiger partial charge in [0.25, 0.3) is 5.91 Å². The van der Waals surface area contributed by atoms with Crippen LogP contribution in [0.1, 0.15) is 54.6 Å². The second kappa shape index (κ2) is 16.6. The van der Waals surface area contributed by atoms with E-state index in [4.69, 9.17) is 15.5 Å². The Hall–Kier alpha value is -5.33. The first-order valence-electron chi connectivity index (χ1n) is 17.6. The maximum Gasteiger partial charge on any atom is 0.255 e. The van der Waals surface area contributed by atoms with Gasteiger partial charge in [0.2, 0.25) is 6.41 Å². The van der Waals surface area contributed by atoms with E-state index in [1.54, 1.807) is 31.4 Å². The lowest BCUT2D eigenvalue weighted by molar-refractivity contribution is -0.105. The molecule has 2 amide bonds. The molecule has 1 aliphatic carbocycles. The smallest absolute Gasteiger partial charge is 0.255 e. The number of nitrogen functional groups attached to an aromatic ring is 1. The molecule has 1 saturated carbocycles.